The Morgan fingerprint density at radius 1 is 1.36 bits per heavy atom. The second-order valence-electron chi connectivity index (χ2n) is 6.53. The molecule has 1 aliphatic rings. The first-order valence-electron chi connectivity index (χ1n) is 9.56. The minimum atomic E-state index is -0.742. The predicted octanol–water partition coefficient (Wildman–Crippen LogP) is -0.829. The van der Waals surface area contributed by atoms with Crippen LogP contribution in [0.4, 0.5) is 0 Å². The summed E-state index contributed by atoms with van der Waals surface area (Å²) in [4.78, 5) is 37.9. The highest BCUT2D eigenvalue weighted by Crippen LogP contribution is 2.11. The van der Waals surface area contributed by atoms with Gasteiger partial charge < -0.3 is 31.7 Å². The molecule has 0 saturated carbocycles. The molecule has 0 aromatic carbocycles. The minimum absolute atomic E-state index is 0.122. The summed E-state index contributed by atoms with van der Waals surface area (Å²) < 4.78 is 5.47. The maximum Gasteiger partial charge on any atom is 0.240 e. The Morgan fingerprint density at radius 2 is 2.14 bits per heavy atom. The lowest BCUT2D eigenvalue weighted by molar-refractivity contribution is -0.136. The van der Waals surface area contributed by atoms with Crippen LogP contribution in [0.1, 0.15) is 25.7 Å². The summed E-state index contributed by atoms with van der Waals surface area (Å²) in [5.41, 5.74) is 10.8. The van der Waals surface area contributed by atoms with E-state index in [4.69, 9.17) is 16.2 Å². The van der Waals surface area contributed by atoms with Gasteiger partial charge >= 0.3 is 0 Å². The number of nitrogens with zero attached hydrogens (tertiary/aromatic N) is 1. The zero-order valence-electron chi connectivity index (χ0n) is 16.6. The summed E-state index contributed by atoms with van der Waals surface area (Å²) >= 11 is 1.57. The molecule has 160 valence electrons. The van der Waals surface area contributed by atoms with Crippen molar-refractivity contribution in [2.75, 3.05) is 51.3 Å². The second kappa shape index (κ2) is 14.3. The van der Waals surface area contributed by atoms with Gasteiger partial charge in [-0.15, -0.1) is 0 Å². The number of rotatable bonds is 15. The maximum atomic E-state index is 12.6. The van der Waals surface area contributed by atoms with Crippen LogP contribution in [-0.4, -0.2) is 80.0 Å². The largest absolute Gasteiger partial charge is 0.496 e. The van der Waals surface area contributed by atoms with Gasteiger partial charge in [-0.2, -0.15) is 11.8 Å². The van der Waals surface area contributed by atoms with Gasteiger partial charge in [-0.1, -0.05) is 0 Å². The lowest BCUT2D eigenvalue weighted by Gasteiger charge is -2.24. The van der Waals surface area contributed by atoms with Crippen molar-refractivity contribution in [1.82, 2.24) is 15.5 Å². The summed E-state index contributed by atoms with van der Waals surface area (Å²) in [6.07, 6.45) is 6.84. The van der Waals surface area contributed by atoms with Crippen LogP contribution in [0.15, 0.2) is 11.8 Å². The SMILES string of the molecule is CSCCC(NC(=O)CN(CC1=CCCO1)C(=O)CNCCCCN)C(N)=O. The number of nitrogens with two attached hydrogens (primary N) is 2. The zero-order chi connectivity index (χ0) is 20.8. The van der Waals surface area contributed by atoms with Crippen LogP contribution >= 0.6 is 11.8 Å². The molecule has 1 aliphatic heterocycles. The molecular formula is C18H33N5O4S. The molecule has 1 heterocycles. The van der Waals surface area contributed by atoms with Crippen LogP contribution in [0, 0.1) is 0 Å². The van der Waals surface area contributed by atoms with Crippen LogP contribution in [-0.2, 0) is 19.1 Å². The molecule has 0 bridgehead atoms. The van der Waals surface area contributed by atoms with Crippen LogP contribution in [0.2, 0.25) is 0 Å². The van der Waals surface area contributed by atoms with Gasteiger partial charge in [0, 0.05) is 6.42 Å². The molecule has 9 nitrogen and oxygen atoms in total. The van der Waals surface area contributed by atoms with Crippen molar-refractivity contribution in [3.05, 3.63) is 11.8 Å². The molecule has 6 N–H and O–H groups in total. The third-order valence-electron chi connectivity index (χ3n) is 4.18. The van der Waals surface area contributed by atoms with Crippen LogP contribution in [0.25, 0.3) is 0 Å². The Morgan fingerprint density at radius 3 is 2.75 bits per heavy atom. The Balaban J connectivity index is 2.60. The quantitative estimate of drug-likeness (QED) is 0.256. The summed E-state index contributed by atoms with van der Waals surface area (Å²) in [5, 5.41) is 5.70. The van der Waals surface area contributed by atoms with Gasteiger partial charge in [0.1, 0.15) is 18.3 Å². The molecule has 0 aliphatic carbocycles. The molecular weight excluding hydrogens is 382 g/mol. The monoisotopic (exact) mass is 415 g/mol. The number of ether oxygens (including phenoxy) is 1. The highest BCUT2D eigenvalue weighted by molar-refractivity contribution is 7.98. The van der Waals surface area contributed by atoms with Gasteiger partial charge in [-0.25, -0.2) is 0 Å². The highest BCUT2D eigenvalue weighted by atomic mass is 32.2. The Hall–Kier alpha value is -1.78. The molecule has 1 atom stereocenters. The van der Waals surface area contributed by atoms with E-state index in [0.717, 1.165) is 19.3 Å². The van der Waals surface area contributed by atoms with E-state index in [1.807, 2.05) is 12.3 Å². The summed E-state index contributed by atoms with van der Waals surface area (Å²) in [6.45, 7) is 2.07. The molecule has 0 radical (unpaired) electrons. The second-order valence-corrected chi connectivity index (χ2v) is 7.52. The molecule has 3 amide bonds. The van der Waals surface area contributed by atoms with E-state index in [1.54, 1.807) is 11.8 Å². The number of primary amides is 1. The van der Waals surface area contributed by atoms with E-state index < -0.39 is 17.9 Å². The molecule has 10 heteroatoms. The van der Waals surface area contributed by atoms with Crippen molar-refractivity contribution in [3.63, 3.8) is 0 Å². The van der Waals surface area contributed by atoms with E-state index in [2.05, 4.69) is 10.6 Å². The standard InChI is InChI=1S/C18H33N5O4S/c1-28-10-6-15(18(20)26)22-16(24)13-23(12-14-5-4-9-27-14)17(25)11-21-8-3-2-7-19/h5,15,21H,2-4,6-13,19H2,1H3,(H2,20,26)(H,22,24). The smallest absolute Gasteiger partial charge is 0.240 e. The average Bonchev–Trinajstić information content (AvgIpc) is 3.17. The molecule has 0 aromatic heterocycles. The zero-order valence-corrected chi connectivity index (χ0v) is 17.4. The molecule has 28 heavy (non-hydrogen) atoms. The van der Waals surface area contributed by atoms with Gasteiger partial charge in [0.2, 0.25) is 17.7 Å². The molecule has 1 unspecified atom stereocenters. The average molecular weight is 416 g/mol. The number of thioether (sulfide) groups is 1. The highest BCUT2D eigenvalue weighted by Gasteiger charge is 2.23. The third-order valence-corrected chi connectivity index (χ3v) is 4.83. The Bertz CT molecular complexity index is 544. The van der Waals surface area contributed by atoms with E-state index in [9.17, 15) is 14.4 Å². The fraction of sp³-hybridized carbons (Fsp3) is 0.722. The number of carbonyl (C=O) groups is 3. The fourth-order valence-electron chi connectivity index (χ4n) is 2.64. The topological polar surface area (TPSA) is 140 Å². The van der Waals surface area contributed by atoms with Crippen LogP contribution in [0.3, 0.4) is 0 Å². The first-order valence-corrected chi connectivity index (χ1v) is 10.9. The number of unbranched alkanes of at least 4 members (excludes halogenated alkanes) is 1. The summed E-state index contributed by atoms with van der Waals surface area (Å²) in [5.74, 6) is 0.171. The maximum absolute atomic E-state index is 12.6. The van der Waals surface area contributed by atoms with Crippen molar-refractivity contribution >= 4 is 29.5 Å². The minimum Gasteiger partial charge on any atom is -0.496 e. The number of amides is 3. The molecule has 0 saturated heterocycles. The van der Waals surface area contributed by atoms with Gasteiger partial charge in [0.15, 0.2) is 0 Å². The first-order chi connectivity index (χ1) is 13.5. The van der Waals surface area contributed by atoms with Gasteiger partial charge in [0.05, 0.1) is 19.7 Å². The van der Waals surface area contributed by atoms with E-state index in [-0.39, 0.29) is 25.5 Å². The van der Waals surface area contributed by atoms with Crippen molar-refractivity contribution in [2.45, 2.75) is 31.7 Å². The number of hydrogen-bond acceptors (Lipinski definition) is 7. The molecule has 0 spiro atoms. The molecule has 0 fully saturated rings. The van der Waals surface area contributed by atoms with Crippen LogP contribution < -0.4 is 22.1 Å². The number of nitrogens with one attached hydrogen (secondary N) is 2. The van der Waals surface area contributed by atoms with E-state index in [0.29, 0.717) is 37.6 Å². The van der Waals surface area contributed by atoms with Crippen LogP contribution in [0.5, 0.6) is 0 Å². The molecule has 0 aromatic rings. The van der Waals surface area contributed by atoms with Crippen molar-refractivity contribution < 1.29 is 19.1 Å². The lowest BCUT2D eigenvalue weighted by Crippen LogP contribution is -2.50. The third kappa shape index (κ3) is 9.95. The summed E-state index contributed by atoms with van der Waals surface area (Å²) in [6, 6.07) is -0.742. The van der Waals surface area contributed by atoms with E-state index in [1.165, 1.54) is 4.90 Å². The number of hydrogen-bond donors (Lipinski definition) is 4. The van der Waals surface area contributed by atoms with Crippen molar-refractivity contribution in [3.8, 4) is 0 Å². The van der Waals surface area contributed by atoms with Gasteiger partial charge in [-0.3, -0.25) is 14.4 Å². The Kier molecular flexibility index (Phi) is 12.3. The van der Waals surface area contributed by atoms with Gasteiger partial charge in [0.25, 0.3) is 0 Å². The van der Waals surface area contributed by atoms with Gasteiger partial charge in [-0.05, 0) is 50.4 Å². The Labute approximate surface area is 171 Å². The fourth-order valence-corrected chi connectivity index (χ4v) is 3.11. The van der Waals surface area contributed by atoms with Crippen molar-refractivity contribution in [2.24, 2.45) is 11.5 Å². The molecule has 1 rings (SSSR count). The normalized spacial score (nSPS) is 14.1. The van der Waals surface area contributed by atoms with E-state index >= 15 is 0 Å². The number of carbonyl (C=O) groups excluding carboxylic acids is 3. The summed E-state index contributed by atoms with van der Waals surface area (Å²) in [7, 11) is 0. The van der Waals surface area contributed by atoms with Crippen molar-refractivity contribution in [1.29, 1.82) is 0 Å². The first kappa shape index (κ1) is 24.3. The predicted molar refractivity (Wildman–Crippen MR) is 111 cm³/mol. The lowest BCUT2D eigenvalue weighted by atomic mass is 10.2.